The summed E-state index contributed by atoms with van der Waals surface area (Å²) in [6, 6.07) is 8.06. The molecule has 0 spiro atoms. The molecule has 0 aromatic heterocycles. The molecular formula is C18H26N2O. The van der Waals surface area contributed by atoms with Crippen LogP contribution < -0.4 is 5.73 Å². The third-order valence-electron chi connectivity index (χ3n) is 5.43. The van der Waals surface area contributed by atoms with Crippen molar-refractivity contribution < 1.29 is 4.79 Å². The van der Waals surface area contributed by atoms with E-state index in [9.17, 15) is 4.79 Å². The monoisotopic (exact) mass is 286 g/mol. The van der Waals surface area contributed by atoms with Crippen LogP contribution in [0.3, 0.4) is 0 Å². The van der Waals surface area contributed by atoms with Crippen molar-refractivity contribution in [3.63, 3.8) is 0 Å². The van der Waals surface area contributed by atoms with Crippen LogP contribution in [-0.4, -0.2) is 24.4 Å². The number of fused-ring (bicyclic) bond motifs is 2. The van der Waals surface area contributed by atoms with Crippen molar-refractivity contribution in [1.29, 1.82) is 0 Å². The Morgan fingerprint density at radius 3 is 2.48 bits per heavy atom. The van der Waals surface area contributed by atoms with Crippen molar-refractivity contribution in [3.05, 3.63) is 35.4 Å². The third-order valence-corrected chi connectivity index (χ3v) is 5.43. The van der Waals surface area contributed by atoms with Gasteiger partial charge in [-0.05, 0) is 48.1 Å². The zero-order valence-electron chi connectivity index (χ0n) is 12.9. The number of benzene rings is 1. The van der Waals surface area contributed by atoms with E-state index in [4.69, 9.17) is 5.73 Å². The van der Waals surface area contributed by atoms with Crippen molar-refractivity contribution >= 4 is 5.91 Å². The van der Waals surface area contributed by atoms with E-state index >= 15 is 0 Å². The van der Waals surface area contributed by atoms with Crippen LogP contribution in [0.2, 0.25) is 0 Å². The molecule has 3 atom stereocenters. The zero-order chi connectivity index (χ0) is 14.8. The first kappa shape index (κ1) is 14.6. The quantitative estimate of drug-likeness (QED) is 0.904. The maximum atomic E-state index is 12.4. The Morgan fingerprint density at radius 2 is 1.90 bits per heavy atom. The van der Waals surface area contributed by atoms with Gasteiger partial charge in [0.2, 0.25) is 5.91 Å². The molecule has 3 nitrogen and oxygen atoms in total. The number of likely N-dealkylation sites (N-methyl/N-ethyl adjacent to an activating group) is 1. The molecule has 2 aliphatic carbocycles. The number of rotatable bonds is 5. The topological polar surface area (TPSA) is 46.3 Å². The van der Waals surface area contributed by atoms with E-state index in [2.05, 4.69) is 0 Å². The lowest BCUT2D eigenvalue weighted by atomic mass is 9.88. The molecule has 2 aliphatic rings. The molecular weight excluding hydrogens is 260 g/mol. The van der Waals surface area contributed by atoms with Crippen molar-refractivity contribution in [2.24, 2.45) is 23.5 Å². The highest BCUT2D eigenvalue weighted by molar-refractivity contribution is 5.78. The van der Waals surface area contributed by atoms with Gasteiger partial charge in [0.05, 0.1) is 6.42 Å². The molecule has 114 valence electrons. The first-order valence-corrected chi connectivity index (χ1v) is 8.17. The van der Waals surface area contributed by atoms with Crippen LogP contribution >= 0.6 is 0 Å². The average molecular weight is 286 g/mol. The molecule has 2 bridgehead atoms. The number of amides is 1. The second-order valence-electron chi connectivity index (χ2n) is 6.91. The van der Waals surface area contributed by atoms with E-state index in [0.717, 1.165) is 35.4 Å². The Morgan fingerprint density at radius 1 is 1.19 bits per heavy atom. The first-order chi connectivity index (χ1) is 10.2. The van der Waals surface area contributed by atoms with Crippen molar-refractivity contribution in [2.75, 3.05) is 13.6 Å². The largest absolute Gasteiger partial charge is 0.345 e. The molecule has 0 aliphatic heterocycles. The summed E-state index contributed by atoms with van der Waals surface area (Å²) in [4.78, 5) is 14.3. The number of carbonyl (C=O) groups is 1. The van der Waals surface area contributed by atoms with Crippen LogP contribution in [0.15, 0.2) is 24.3 Å². The molecule has 3 heteroatoms. The standard InChI is InChI=1S/C18H26N2O/c1-20(12-17-9-15-6-7-16(17)8-15)18(21)10-13-2-4-14(11-19)5-3-13/h2-5,15-17H,6-12,19H2,1H3. The van der Waals surface area contributed by atoms with Crippen LogP contribution in [0, 0.1) is 17.8 Å². The highest BCUT2D eigenvalue weighted by Crippen LogP contribution is 2.48. The molecule has 3 rings (SSSR count). The summed E-state index contributed by atoms with van der Waals surface area (Å²) in [6.07, 6.45) is 6.06. The van der Waals surface area contributed by atoms with Crippen LogP contribution in [0.4, 0.5) is 0 Å². The number of nitrogens with two attached hydrogens (primary N) is 1. The predicted octanol–water partition coefficient (Wildman–Crippen LogP) is 2.58. The fourth-order valence-corrected chi connectivity index (χ4v) is 4.16. The molecule has 0 heterocycles. The SMILES string of the molecule is CN(CC1CC2CCC1C2)C(=O)Cc1ccc(CN)cc1. The van der Waals surface area contributed by atoms with Gasteiger partial charge in [-0.25, -0.2) is 0 Å². The van der Waals surface area contributed by atoms with Crippen LogP contribution in [0.1, 0.15) is 36.8 Å². The lowest BCUT2D eigenvalue weighted by Crippen LogP contribution is -2.34. The van der Waals surface area contributed by atoms with Gasteiger partial charge in [0.15, 0.2) is 0 Å². The van der Waals surface area contributed by atoms with Gasteiger partial charge in [-0.2, -0.15) is 0 Å². The zero-order valence-corrected chi connectivity index (χ0v) is 12.9. The highest BCUT2D eigenvalue weighted by Gasteiger charge is 2.39. The fraction of sp³-hybridized carbons (Fsp3) is 0.611. The molecule has 2 N–H and O–H groups in total. The Balaban J connectivity index is 1.52. The van der Waals surface area contributed by atoms with Gasteiger partial charge in [0.1, 0.15) is 0 Å². The summed E-state index contributed by atoms with van der Waals surface area (Å²) in [5.74, 6) is 2.82. The lowest BCUT2D eigenvalue weighted by Gasteiger charge is -2.27. The summed E-state index contributed by atoms with van der Waals surface area (Å²) in [5, 5.41) is 0. The maximum Gasteiger partial charge on any atom is 0.226 e. The Bertz CT molecular complexity index is 496. The molecule has 3 unspecified atom stereocenters. The van der Waals surface area contributed by atoms with E-state index < -0.39 is 0 Å². The highest BCUT2D eigenvalue weighted by atomic mass is 16.2. The third kappa shape index (κ3) is 3.29. The van der Waals surface area contributed by atoms with Crippen molar-refractivity contribution in [2.45, 2.75) is 38.6 Å². The summed E-state index contributed by atoms with van der Waals surface area (Å²) in [7, 11) is 1.96. The van der Waals surface area contributed by atoms with Gasteiger partial charge >= 0.3 is 0 Å². The molecule has 1 amide bonds. The van der Waals surface area contributed by atoms with Crippen molar-refractivity contribution in [3.8, 4) is 0 Å². The first-order valence-electron chi connectivity index (χ1n) is 8.17. The average Bonchev–Trinajstić information content (AvgIpc) is 3.10. The van der Waals surface area contributed by atoms with E-state index in [1.807, 2.05) is 36.2 Å². The van der Waals surface area contributed by atoms with E-state index in [0.29, 0.717) is 13.0 Å². The van der Waals surface area contributed by atoms with Gasteiger partial charge in [-0.1, -0.05) is 30.7 Å². The predicted molar refractivity (Wildman–Crippen MR) is 84.6 cm³/mol. The smallest absolute Gasteiger partial charge is 0.226 e. The molecule has 0 saturated heterocycles. The second kappa shape index (κ2) is 6.18. The fourth-order valence-electron chi connectivity index (χ4n) is 4.16. The molecule has 2 fully saturated rings. The van der Waals surface area contributed by atoms with Gasteiger partial charge < -0.3 is 10.6 Å². The van der Waals surface area contributed by atoms with Gasteiger partial charge in [-0.15, -0.1) is 0 Å². The maximum absolute atomic E-state index is 12.4. The molecule has 1 aromatic rings. The normalized spacial score (nSPS) is 27.0. The summed E-state index contributed by atoms with van der Waals surface area (Å²) < 4.78 is 0. The Kier molecular flexibility index (Phi) is 4.29. The molecule has 21 heavy (non-hydrogen) atoms. The minimum Gasteiger partial charge on any atom is -0.345 e. The van der Waals surface area contributed by atoms with Gasteiger partial charge in [0.25, 0.3) is 0 Å². The van der Waals surface area contributed by atoms with E-state index in [1.54, 1.807) is 0 Å². The number of hydrogen-bond acceptors (Lipinski definition) is 2. The van der Waals surface area contributed by atoms with E-state index in [1.165, 1.54) is 25.7 Å². The minimum absolute atomic E-state index is 0.235. The van der Waals surface area contributed by atoms with Crippen LogP contribution in [0.5, 0.6) is 0 Å². The second-order valence-corrected chi connectivity index (χ2v) is 6.91. The number of hydrogen-bond donors (Lipinski definition) is 1. The van der Waals surface area contributed by atoms with Crippen LogP contribution in [0.25, 0.3) is 0 Å². The van der Waals surface area contributed by atoms with E-state index in [-0.39, 0.29) is 5.91 Å². The molecule has 1 aromatic carbocycles. The number of carbonyl (C=O) groups excluding carboxylic acids is 1. The lowest BCUT2D eigenvalue weighted by molar-refractivity contribution is -0.129. The summed E-state index contributed by atoms with van der Waals surface area (Å²) >= 11 is 0. The Labute approximate surface area is 127 Å². The van der Waals surface area contributed by atoms with Crippen LogP contribution in [-0.2, 0) is 17.8 Å². The minimum atomic E-state index is 0.235. The molecule has 0 radical (unpaired) electrons. The summed E-state index contributed by atoms with van der Waals surface area (Å²) in [5.41, 5.74) is 7.79. The van der Waals surface area contributed by atoms with Gasteiger partial charge in [0, 0.05) is 20.1 Å². The number of nitrogens with zero attached hydrogens (tertiary/aromatic N) is 1. The van der Waals surface area contributed by atoms with Gasteiger partial charge in [-0.3, -0.25) is 4.79 Å². The summed E-state index contributed by atoms with van der Waals surface area (Å²) in [6.45, 7) is 1.50. The Hall–Kier alpha value is -1.35. The molecule has 2 saturated carbocycles. The van der Waals surface area contributed by atoms with Crippen molar-refractivity contribution in [1.82, 2.24) is 4.90 Å².